The fourth-order valence-electron chi connectivity index (χ4n) is 2.01. The Kier molecular flexibility index (Phi) is 5.18. The van der Waals surface area contributed by atoms with Gasteiger partial charge in [-0.2, -0.15) is 0 Å². The maximum Gasteiger partial charge on any atom is 0.341 e. The monoisotopic (exact) mass is 346 g/mol. The first-order chi connectivity index (χ1) is 11.9. The first kappa shape index (κ1) is 17.7. The van der Waals surface area contributed by atoms with Crippen molar-refractivity contribution in [2.24, 2.45) is 5.73 Å². The van der Waals surface area contributed by atoms with Crippen molar-refractivity contribution < 1.29 is 28.7 Å². The van der Waals surface area contributed by atoms with Gasteiger partial charge in [0.05, 0.1) is 19.1 Å². The molecule has 0 spiro atoms. The first-order valence-corrected chi connectivity index (χ1v) is 6.89. The largest absolute Gasteiger partial charge is 0.497 e. The van der Waals surface area contributed by atoms with Crippen LogP contribution < -0.4 is 15.2 Å². The molecule has 0 heterocycles. The molecular weight excluding hydrogens is 332 g/mol. The van der Waals surface area contributed by atoms with Gasteiger partial charge in [-0.1, -0.05) is 0 Å². The lowest BCUT2D eigenvalue weighted by atomic mass is 10.1. The summed E-state index contributed by atoms with van der Waals surface area (Å²) in [6.07, 6.45) is 0. The zero-order valence-electron chi connectivity index (χ0n) is 13.3. The second kappa shape index (κ2) is 7.30. The molecule has 0 aliphatic rings. The number of nitro groups is 1. The van der Waals surface area contributed by atoms with Crippen molar-refractivity contribution >= 4 is 17.6 Å². The number of carbonyl (C=O) groups excluding carboxylic acids is 2. The molecule has 0 bridgehead atoms. The van der Waals surface area contributed by atoms with Crippen molar-refractivity contribution in [1.82, 2.24) is 0 Å². The molecule has 0 aromatic heterocycles. The van der Waals surface area contributed by atoms with E-state index in [0.29, 0.717) is 5.75 Å². The van der Waals surface area contributed by atoms with Gasteiger partial charge in [0.25, 0.3) is 0 Å². The second-order valence-electron chi connectivity index (χ2n) is 4.76. The molecule has 130 valence electrons. The van der Waals surface area contributed by atoms with Crippen LogP contribution in [0, 0.1) is 10.1 Å². The number of benzene rings is 2. The standard InChI is InChI=1S/C16H14N2O7/c1-23-10-4-5-11(16(20)24-2)14(8-10)25-13-6-3-9(15(17)19)7-12(13)18(21)22/h3-8H,1-2H3,(H2,17,19). The molecule has 2 N–H and O–H groups in total. The number of hydrogen-bond donors (Lipinski definition) is 1. The van der Waals surface area contributed by atoms with Crippen LogP contribution in [0.1, 0.15) is 20.7 Å². The molecule has 2 aromatic carbocycles. The summed E-state index contributed by atoms with van der Waals surface area (Å²) in [5, 5.41) is 11.2. The maximum absolute atomic E-state index is 11.8. The van der Waals surface area contributed by atoms with E-state index in [-0.39, 0.29) is 22.6 Å². The van der Waals surface area contributed by atoms with Crippen LogP contribution in [0.15, 0.2) is 36.4 Å². The van der Waals surface area contributed by atoms with Crippen LogP contribution in [0.4, 0.5) is 5.69 Å². The zero-order chi connectivity index (χ0) is 18.6. The van der Waals surface area contributed by atoms with Crippen LogP contribution in [-0.2, 0) is 4.74 Å². The van der Waals surface area contributed by atoms with E-state index in [1.165, 1.54) is 44.6 Å². The average molecular weight is 346 g/mol. The molecule has 9 nitrogen and oxygen atoms in total. The molecule has 0 saturated heterocycles. The van der Waals surface area contributed by atoms with Gasteiger partial charge >= 0.3 is 11.7 Å². The highest BCUT2D eigenvalue weighted by atomic mass is 16.6. The highest BCUT2D eigenvalue weighted by Gasteiger charge is 2.21. The Labute approximate surface area is 142 Å². The highest BCUT2D eigenvalue weighted by Crippen LogP contribution is 2.35. The third kappa shape index (κ3) is 3.83. The average Bonchev–Trinajstić information content (AvgIpc) is 2.60. The van der Waals surface area contributed by atoms with Crippen molar-refractivity contribution in [3.8, 4) is 17.2 Å². The number of nitro benzene ring substituents is 1. The maximum atomic E-state index is 11.8. The van der Waals surface area contributed by atoms with E-state index in [0.717, 1.165) is 6.07 Å². The number of rotatable bonds is 6. The third-order valence-electron chi connectivity index (χ3n) is 3.25. The summed E-state index contributed by atoms with van der Waals surface area (Å²) >= 11 is 0. The number of hydrogen-bond acceptors (Lipinski definition) is 7. The van der Waals surface area contributed by atoms with Crippen LogP contribution in [0.25, 0.3) is 0 Å². The van der Waals surface area contributed by atoms with Crippen LogP contribution >= 0.6 is 0 Å². The van der Waals surface area contributed by atoms with Crippen molar-refractivity contribution in [3.05, 3.63) is 57.6 Å². The number of nitrogens with zero attached hydrogens (tertiary/aromatic N) is 1. The summed E-state index contributed by atoms with van der Waals surface area (Å²) in [6.45, 7) is 0. The van der Waals surface area contributed by atoms with Crippen molar-refractivity contribution in [2.75, 3.05) is 14.2 Å². The molecule has 0 fully saturated rings. The van der Waals surface area contributed by atoms with Crippen molar-refractivity contribution in [3.63, 3.8) is 0 Å². The van der Waals surface area contributed by atoms with Gasteiger partial charge in [0.15, 0.2) is 0 Å². The van der Waals surface area contributed by atoms with Crippen LogP contribution in [0.5, 0.6) is 17.2 Å². The van der Waals surface area contributed by atoms with E-state index in [1.807, 2.05) is 0 Å². The number of methoxy groups -OCH3 is 2. The number of carbonyl (C=O) groups is 2. The van der Waals surface area contributed by atoms with Gasteiger partial charge in [0, 0.05) is 17.7 Å². The topological polar surface area (TPSA) is 131 Å². The summed E-state index contributed by atoms with van der Waals surface area (Å²) in [5.41, 5.74) is 4.66. The SMILES string of the molecule is COC(=O)c1ccc(OC)cc1Oc1ccc(C(N)=O)cc1[N+](=O)[O-]. The summed E-state index contributed by atoms with van der Waals surface area (Å²) in [4.78, 5) is 33.6. The van der Waals surface area contributed by atoms with Gasteiger partial charge < -0.3 is 19.9 Å². The van der Waals surface area contributed by atoms with Crippen LogP contribution in [-0.4, -0.2) is 31.0 Å². The lowest BCUT2D eigenvalue weighted by molar-refractivity contribution is -0.385. The normalized spacial score (nSPS) is 10.0. The van der Waals surface area contributed by atoms with Crippen LogP contribution in [0.2, 0.25) is 0 Å². The van der Waals surface area contributed by atoms with Gasteiger partial charge in [-0.25, -0.2) is 4.79 Å². The van der Waals surface area contributed by atoms with E-state index >= 15 is 0 Å². The number of amides is 1. The zero-order valence-corrected chi connectivity index (χ0v) is 13.3. The fourth-order valence-corrected chi connectivity index (χ4v) is 2.01. The Morgan fingerprint density at radius 2 is 1.80 bits per heavy atom. The quantitative estimate of drug-likeness (QED) is 0.482. The third-order valence-corrected chi connectivity index (χ3v) is 3.25. The minimum Gasteiger partial charge on any atom is -0.497 e. The van der Waals surface area contributed by atoms with Gasteiger partial charge in [0.1, 0.15) is 17.1 Å². The Balaban J connectivity index is 2.53. The van der Waals surface area contributed by atoms with E-state index in [4.69, 9.17) is 15.2 Å². The van der Waals surface area contributed by atoms with Gasteiger partial charge in [-0.05, 0) is 24.3 Å². The summed E-state index contributed by atoms with van der Waals surface area (Å²) in [7, 11) is 2.61. The predicted molar refractivity (Wildman–Crippen MR) is 86.0 cm³/mol. The molecule has 2 aromatic rings. The molecule has 0 saturated carbocycles. The molecule has 25 heavy (non-hydrogen) atoms. The number of ether oxygens (including phenoxy) is 3. The predicted octanol–water partition coefficient (Wildman–Crippen LogP) is 2.28. The molecule has 2 rings (SSSR count). The van der Waals surface area contributed by atoms with Crippen LogP contribution in [0.3, 0.4) is 0 Å². The van der Waals surface area contributed by atoms with Gasteiger partial charge in [0.2, 0.25) is 11.7 Å². The minimum atomic E-state index is -0.814. The summed E-state index contributed by atoms with van der Waals surface area (Å²) in [5.74, 6) is -1.30. The van der Waals surface area contributed by atoms with E-state index in [1.54, 1.807) is 0 Å². The Hall–Kier alpha value is -3.62. The Bertz CT molecular complexity index is 848. The number of esters is 1. The molecule has 9 heteroatoms. The Morgan fingerprint density at radius 1 is 1.08 bits per heavy atom. The molecular formula is C16H14N2O7. The van der Waals surface area contributed by atoms with Gasteiger partial charge in [-0.3, -0.25) is 14.9 Å². The number of primary amides is 1. The Morgan fingerprint density at radius 3 is 2.36 bits per heavy atom. The number of nitrogens with two attached hydrogens (primary N) is 1. The smallest absolute Gasteiger partial charge is 0.341 e. The lowest BCUT2D eigenvalue weighted by Crippen LogP contribution is -2.11. The van der Waals surface area contributed by atoms with Gasteiger partial charge in [-0.15, -0.1) is 0 Å². The molecule has 0 aliphatic carbocycles. The van der Waals surface area contributed by atoms with Crippen molar-refractivity contribution in [2.45, 2.75) is 0 Å². The molecule has 0 radical (unpaired) electrons. The molecule has 0 atom stereocenters. The van der Waals surface area contributed by atoms with Crippen molar-refractivity contribution in [1.29, 1.82) is 0 Å². The molecule has 0 aliphatic heterocycles. The first-order valence-electron chi connectivity index (χ1n) is 6.89. The summed E-state index contributed by atoms with van der Waals surface area (Å²) in [6, 6.07) is 7.81. The molecule has 0 unspecified atom stereocenters. The molecule has 1 amide bonds. The fraction of sp³-hybridized carbons (Fsp3) is 0.125. The second-order valence-corrected chi connectivity index (χ2v) is 4.76. The summed E-state index contributed by atoms with van der Waals surface area (Å²) < 4.78 is 15.3. The lowest BCUT2D eigenvalue weighted by Gasteiger charge is -2.12. The minimum absolute atomic E-state index is 0.00104. The van der Waals surface area contributed by atoms with E-state index < -0.39 is 22.5 Å². The van der Waals surface area contributed by atoms with E-state index in [2.05, 4.69) is 4.74 Å². The highest BCUT2D eigenvalue weighted by molar-refractivity contribution is 5.94. The van der Waals surface area contributed by atoms with E-state index in [9.17, 15) is 19.7 Å².